The topological polar surface area (TPSA) is 69.6 Å². The van der Waals surface area contributed by atoms with Gasteiger partial charge in [0.15, 0.2) is 0 Å². The Labute approximate surface area is 116 Å². The molecule has 20 heavy (non-hydrogen) atoms. The van der Waals surface area contributed by atoms with E-state index >= 15 is 0 Å². The predicted octanol–water partition coefficient (Wildman–Crippen LogP) is 2.47. The van der Waals surface area contributed by atoms with Crippen molar-refractivity contribution in [3.05, 3.63) is 0 Å². The number of carboxylic acid groups (broad SMARTS) is 1. The minimum absolute atomic E-state index is 0.0279. The van der Waals surface area contributed by atoms with Crippen LogP contribution in [0.5, 0.6) is 0 Å². The number of alkyl halides is 3. The monoisotopic (exact) mass is 298 g/mol. The van der Waals surface area contributed by atoms with Crippen molar-refractivity contribution in [2.45, 2.75) is 39.3 Å². The number of rotatable bonds is 8. The number of aliphatic carboxylic acids is 1. The molecule has 2 amide bonds. The highest BCUT2D eigenvalue weighted by Gasteiger charge is 2.32. The van der Waals surface area contributed by atoms with E-state index in [1.807, 2.05) is 6.92 Å². The number of hydrogen-bond acceptors (Lipinski definition) is 2. The van der Waals surface area contributed by atoms with Gasteiger partial charge in [0.2, 0.25) is 0 Å². The van der Waals surface area contributed by atoms with Crippen LogP contribution >= 0.6 is 0 Å². The van der Waals surface area contributed by atoms with E-state index in [0.29, 0.717) is 17.7 Å². The normalized spacial score (nSPS) is 12.8. The van der Waals surface area contributed by atoms with Gasteiger partial charge in [0.25, 0.3) is 0 Å². The molecule has 0 bridgehead atoms. The number of hydrogen-bond donors (Lipinski definition) is 2. The van der Waals surface area contributed by atoms with E-state index in [1.165, 1.54) is 6.92 Å². The van der Waals surface area contributed by atoms with Gasteiger partial charge in [-0.1, -0.05) is 6.92 Å². The lowest BCUT2D eigenvalue weighted by Crippen LogP contribution is -2.45. The molecule has 1 atom stereocenters. The molecule has 0 saturated carbocycles. The molecule has 8 heteroatoms. The minimum Gasteiger partial charge on any atom is -0.481 e. The molecular weight excluding hydrogens is 277 g/mol. The molecule has 0 aromatic rings. The van der Waals surface area contributed by atoms with E-state index in [2.05, 4.69) is 5.32 Å². The number of nitrogens with zero attached hydrogens (tertiary/aromatic N) is 1. The van der Waals surface area contributed by atoms with Crippen LogP contribution in [0.2, 0.25) is 0 Å². The smallest absolute Gasteiger partial charge is 0.406 e. The number of halogens is 3. The van der Waals surface area contributed by atoms with Crippen molar-refractivity contribution >= 4 is 12.0 Å². The third kappa shape index (κ3) is 9.46. The molecule has 0 aromatic carbocycles. The summed E-state index contributed by atoms with van der Waals surface area (Å²) in [7, 11) is 0. The Kier molecular flexibility index (Phi) is 8.02. The van der Waals surface area contributed by atoms with Crippen molar-refractivity contribution in [3.8, 4) is 0 Å². The van der Waals surface area contributed by atoms with Crippen LogP contribution in [0.1, 0.15) is 33.1 Å². The van der Waals surface area contributed by atoms with E-state index in [4.69, 9.17) is 5.11 Å². The van der Waals surface area contributed by atoms with Gasteiger partial charge >= 0.3 is 18.2 Å². The highest BCUT2D eigenvalue weighted by Crippen LogP contribution is 2.16. The molecule has 1 unspecified atom stereocenters. The van der Waals surface area contributed by atoms with Crippen LogP contribution in [0, 0.1) is 5.92 Å². The molecular formula is C12H21F3N2O3. The van der Waals surface area contributed by atoms with Crippen LogP contribution in [0.15, 0.2) is 0 Å². The fraction of sp³-hybridized carbons (Fsp3) is 0.833. The third-order valence-electron chi connectivity index (χ3n) is 2.80. The average Bonchev–Trinajstić information content (AvgIpc) is 2.32. The Morgan fingerprint density at radius 3 is 2.35 bits per heavy atom. The minimum atomic E-state index is -4.41. The first-order valence-corrected chi connectivity index (χ1v) is 6.47. The maximum Gasteiger partial charge on any atom is 0.406 e. The average molecular weight is 298 g/mol. The molecule has 0 rings (SSSR count). The Balaban J connectivity index is 3.99. The quantitative estimate of drug-likeness (QED) is 0.723. The first-order chi connectivity index (χ1) is 9.15. The molecule has 0 aliphatic carbocycles. The zero-order valence-electron chi connectivity index (χ0n) is 11.7. The van der Waals surface area contributed by atoms with Gasteiger partial charge < -0.3 is 15.3 Å². The van der Waals surface area contributed by atoms with Crippen molar-refractivity contribution < 1.29 is 27.9 Å². The Morgan fingerprint density at radius 2 is 1.90 bits per heavy atom. The third-order valence-corrected chi connectivity index (χ3v) is 2.80. The van der Waals surface area contributed by atoms with Gasteiger partial charge in [0, 0.05) is 19.5 Å². The number of nitrogens with one attached hydrogen (secondary N) is 1. The summed E-state index contributed by atoms with van der Waals surface area (Å²) in [5, 5.41) is 10.9. The van der Waals surface area contributed by atoms with Gasteiger partial charge in [-0.2, -0.15) is 13.2 Å². The molecule has 0 aliphatic rings. The number of amides is 2. The van der Waals surface area contributed by atoms with Crippen LogP contribution < -0.4 is 5.32 Å². The summed E-state index contributed by atoms with van der Waals surface area (Å²) in [6, 6.07) is -0.754. The fourth-order valence-electron chi connectivity index (χ4n) is 1.60. The maximum absolute atomic E-state index is 12.2. The maximum atomic E-state index is 12.2. The summed E-state index contributed by atoms with van der Waals surface area (Å²) in [5.74, 6) is -0.799. The van der Waals surface area contributed by atoms with Crippen LogP contribution in [0.25, 0.3) is 0 Å². The first kappa shape index (κ1) is 18.5. The highest BCUT2D eigenvalue weighted by molar-refractivity contribution is 5.74. The number of carbonyl (C=O) groups is 2. The number of carbonyl (C=O) groups excluding carboxylic acids is 1. The van der Waals surface area contributed by atoms with E-state index in [9.17, 15) is 22.8 Å². The molecule has 2 N–H and O–H groups in total. The Bertz CT molecular complexity index is 322. The lowest BCUT2D eigenvalue weighted by molar-refractivity contribution is -0.139. The molecule has 0 aliphatic heterocycles. The molecule has 0 heterocycles. The second kappa shape index (κ2) is 8.65. The van der Waals surface area contributed by atoms with Gasteiger partial charge in [0.05, 0.1) is 0 Å². The summed E-state index contributed by atoms with van der Waals surface area (Å²) in [5.41, 5.74) is 0. The first-order valence-electron chi connectivity index (χ1n) is 6.47. The molecule has 118 valence electrons. The van der Waals surface area contributed by atoms with Gasteiger partial charge in [-0.3, -0.25) is 4.79 Å². The van der Waals surface area contributed by atoms with E-state index in [0.717, 1.165) is 0 Å². The second-order valence-corrected chi connectivity index (χ2v) is 4.69. The summed E-state index contributed by atoms with van der Waals surface area (Å²) in [4.78, 5) is 22.6. The Morgan fingerprint density at radius 1 is 1.30 bits per heavy atom. The number of carboxylic acids is 1. The van der Waals surface area contributed by atoms with Crippen molar-refractivity contribution in [2.24, 2.45) is 5.92 Å². The van der Waals surface area contributed by atoms with Gasteiger partial charge in [-0.15, -0.1) is 0 Å². The Hall–Kier alpha value is -1.47. The summed E-state index contributed by atoms with van der Waals surface area (Å²) in [6.07, 6.45) is -3.36. The summed E-state index contributed by atoms with van der Waals surface area (Å²) < 4.78 is 36.6. The van der Waals surface area contributed by atoms with Crippen LogP contribution in [0.4, 0.5) is 18.0 Å². The SMILES string of the molecule is CCN(CC(F)(F)F)C(=O)NCCC(C)CCC(=O)O. The molecule has 0 saturated heterocycles. The molecule has 0 aromatic heterocycles. The van der Waals surface area contributed by atoms with Gasteiger partial charge in [-0.05, 0) is 25.7 Å². The van der Waals surface area contributed by atoms with Gasteiger partial charge in [0.1, 0.15) is 6.54 Å². The molecule has 0 fully saturated rings. The fourth-order valence-corrected chi connectivity index (χ4v) is 1.60. The second-order valence-electron chi connectivity index (χ2n) is 4.69. The van der Waals surface area contributed by atoms with Gasteiger partial charge in [-0.25, -0.2) is 4.79 Å². The van der Waals surface area contributed by atoms with E-state index in [1.54, 1.807) is 0 Å². The van der Waals surface area contributed by atoms with E-state index in [-0.39, 0.29) is 25.4 Å². The van der Waals surface area contributed by atoms with Crippen molar-refractivity contribution in [3.63, 3.8) is 0 Å². The highest BCUT2D eigenvalue weighted by atomic mass is 19.4. The molecule has 5 nitrogen and oxygen atoms in total. The standard InChI is InChI=1S/C12H21F3N2O3/c1-3-17(8-12(13,14)15)11(20)16-7-6-9(2)4-5-10(18)19/h9H,3-8H2,1-2H3,(H,16,20)(H,18,19). The van der Waals surface area contributed by atoms with Crippen LogP contribution in [-0.2, 0) is 4.79 Å². The van der Waals surface area contributed by atoms with E-state index < -0.39 is 24.7 Å². The van der Waals surface area contributed by atoms with Crippen molar-refractivity contribution in [1.29, 1.82) is 0 Å². The zero-order chi connectivity index (χ0) is 15.8. The zero-order valence-corrected chi connectivity index (χ0v) is 11.7. The predicted molar refractivity (Wildman–Crippen MR) is 67.4 cm³/mol. The lowest BCUT2D eigenvalue weighted by Gasteiger charge is -2.23. The number of urea groups is 1. The van der Waals surface area contributed by atoms with Crippen molar-refractivity contribution in [2.75, 3.05) is 19.6 Å². The summed E-state index contributed by atoms with van der Waals surface area (Å²) >= 11 is 0. The van der Waals surface area contributed by atoms with Crippen molar-refractivity contribution in [1.82, 2.24) is 10.2 Å². The van der Waals surface area contributed by atoms with Crippen LogP contribution in [0.3, 0.4) is 0 Å². The largest absolute Gasteiger partial charge is 0.481 e. The van der Waals surface area contributed by atoms with Crippen LogP contribution in [-0.4, -0.2) is 47.8 Å². The summed E-state index contributed by atoms with van der Waals surface area (Å²) in [6.45, 7) is 2.24. The molecule has 0 spiro atoms. The molecule has 0 radical (unpaired) electrons. The lowest BCUT2D eigenvalue weighted by atomic mass is 10.0.